The second-order valence-electron chi connectivity index (χ2n) is 5.70. The molecular weight excluding hydrogens is 350 g/mol. The van der Waals surface area contributed by atoms with E-state index in [-0.39, 0.29) is 28.8 Å². The number of ketones is 1. The Morgan fingerprint density at radius 3 is 2.40 bits per heavy atom. The van der Waals surface area contributed by atoms with Gasteiger partial charge in [-0.1, -0.05) is 19.9 Å². The third-order valence-corrected chi connectivity index (χ3v) is 3.89. The molecule has 1 aromatic rings. The summed E-state index contributed by atoms with van der Waals surface area (Å²) in [6.07, 6.45) is 0. The maximum atomic E-state index is 14.3. The molecule has 2 N–H and O–H groups in total. The number of ether oxygens (including phenoxy) is 1. The van der Waals surface area contributed by atoms with E-state index in [1.54, 1.807) is 20.8 Å². The molecule has 0 unspecified atom stereocenters. The van der Waals surface area contributed by atoms with Crippen LogP contribution in [0.2, 0.25) is 0 Å². The number of Topliss-reactive ketones (excluding diaryl/α,β-unsaturated/α-hetero) is 1. The molecule has 0 saturated carbocycles. The van der Waals surface area contributed by atoms with Gasteiger partial charge in [0.2, 0.25) is 0 Å². The molecule has 1 aliphatic rings. The zero-order chi connectivity index (χ0) is 18.7. The van der Waals surface area contributed by atoms with Gasteiger partial charge in [-0.2, -0.15) is 0 Å². The lowest BCUT2D eigenvalue weighted by Crippen LogP contribution is -2.48. The lowest BCUT2D eigenvalue weighted by atomic mass is 9.88. The molecular formula is C17H18F2N2O3S. The van der Waals surface area contributed by atoms with E-state index >= 15 is 0 Å². The Balaban J connectivity index is 2.67. The van der Waals surface area contributed by atoms with Crippen LogP contribution in [0.4, 0.5) is 8.78 Å². The van der Waals surface area contributed by atoms with E-state index in [4.69, 9.17) is 17.0 Å². The molecule has 5 nitrogen and oxygen atoms in total. The number of benzene rings is 1. The van der Waals surface area contributed by atoms with Gasteiger partial charge in [0.05, 0.1) is 23.8 Å². The van der Waals surface area contributed by atoms with Crippen LogP contribution in [0.5, 0.6) is 0 Å². The first-order valence-corrected chi connectivity index (χ1v) is 8.15. The van der Waals surface area contributed by atoms with Crippen molar-refractivity contribution in [2.24, 2.45) is 5.92 Å². The molecule has 134 valence electrons. The van der Waals surface area contributed by atoms with Crippen molar-refractivity contribution in [2.45, 2.75) is 26.8 Å². The Morgan fingerprint density at radius 1 is 1.28 bits per heavy atom. The lowest BCUT2D eigenvalue weighted by Gasteiger charge is -2.32. The highest BCUT2D eigenvalue weighted by Gasteiger charge is 2.38. The van der Waals surface area contributed by atoms with Crippen LogP contribution in [-0.2, 0) is 14.3 Å². The zero-order valence-corrected chi connectivity index (χ0v) is 14.8. The minimum Gasteiger partial charge on any atom is -0.460 e. The summed E-state index contributed by atoms with van der Waals surface area (Å²) in [7, 11) is 0. The van der Waals surface area contributed by atoms with E-state index in [0.717, 1.165) is 12.1 Å². The number of hydrogen-bond donors (Lipinski definition) is 2. The van der Waals surface area contributed by atoms with Crippen molar-refractivity contribution in [1.29, 1.82) is 0 Å². The van der Waals surface area contributed by atoms with Crippen molar-refractivity contribution in [3.05, 3.63) is 46.7 Å². The van der Waals surface area contributed by atoms with Crippen LogP contribution in [0.3, 0.4) is 0 Å². The SMILES string of the molecule is CCOC(=O)C(=O)C1=C(C(C)C)NC(=S)N[C@@H]1c1c(F)cccc1F. The molecule has 0 saturated heterocycles. The van der Waals surface area contributed by atoms with Gasteiger partial charge in [0.15, 0.2) is 5.11 Å². The number of esters is 1. The number of allylic oxidation sites excluding steroid dienone is 1. The monoisotopic (exact) mass is 368 g/mol. The van der Waals surface area contributed by atoms with Crippen LogP contribution >= 0.6 is 12.2 Å². The van der Waals surface area contributed by atoms with Crippen molar-refractivity contribution in [3.63, 3.8) is 0 Å². The Labute approximate surface area is 149 Å². The van der Waals surface area contributed by atoms with Gasteiger partial charge >= 0.3 is 5.97 Å². The van der Waals surface area contributed by atoms with Crippen LogP contribution in [0, 0.1) is 17.6 Å². The topological polar surface area (TPSA) is 67.4 Å². The average Bonchev–Trinajstić information content (AvgIpc) is 2.53. The summed E-state index contributed by atoms with van der Waals surface area (Å²) in [6, 6.07) is 2.14. The minimum atomic E-state index is -1.23. The highest BCUT2D eigenvalue weighted by atomic mass is 32.1. The normalized spacial score (nSPS) is 17.2. The van der Waals surface area contributed by atoms with Crippen molar-refractivity contribution in [1.82, 2.24) is 10.6 Å². The summed E-state index contributed by atoms with van der Waals surface area (Å²) in [6.45, 7) is 5.10. The smallest absolute Gasteiger partial charge is 0.379 e. The van der Waals surface area contributed by atoms with E-state index in [9.17, 15) is 18.4 Å². The van der Waals surface area contributed by atoms with E-state index < -0.39 is 29.4 Å². The molecule has 0 fully saturated rings. The van der Waals surface area contributed by atoms with E-state index in [1.165, 1.54) is 6.07 Å². The van der Waals surface area contributed by atoms with Gasteiger partial charge in [0, 0.05) is 5.70 Å². The number of carbonyl (C=O) groups is 2. The molecule has 8 heteroatoms. The molecule has 0 aliphatic carbocycles. The molecule has 1 heterocycles. The van der Waals surface area contributed by atoms with Gasteiger partial charge in [0.25, 0.3) is 5.78 Å². The molecule has 2 rings (SSSR count). The molecule has 1 aliphatic heterocycles. The first-order chi connectivity index (χ1) is 11.8. The molecule has 25 heavy (non-hydrogen) atoms. The molecule has 0 radical (unpaired) electrons. The fraction of sp³-hybridized carbons (Fsp3) is 0.353. The molecule has 1 aromatic carbocycles. The number of rotatable bonds is 5. The third kappa shape index (κ3) is 3.84. The van der Waals surface area contributed by atoms with Crippen LogP contribution < -0.4 is 10.6 Å². The van der Waals surface area contributed by atoms with E-state index in [0.29, 0.717) is 5.70 Å². The van der Waals surface area contributed by atoms with Crippen LogP contribution in [-0.4, -0.2) is 23.5 Å². The van der Waals surface area contributed by atoms with Gasteiger partial charge in [-0.25, -0.2) is 13.6 Å². The van der Waals surface area contributed by atoms with Crippen LogP contribution in [0.1, 0.15) is 32.4 Å². The fourth-order valence-electron chi connectivity index (χ4n) is 2.60. The van der Waals surface area contributed by atoms with Gasteiger partial charge in [-0.3, -0.25) is 4.79 Å². The first kappa shape index (κ1) is 19.0. The lowest BCUT2D eigenvalue weighted by molar-refractivity contribution is -0.152. The number of thiocarbonyl (C=S) groups is 1. The second kappa shape index (κ2) is 7.69. The predicted molar refractivity (Wildman–Crippen MR) is 91.5 cm³/mol. The largest absolute Gasteiger partial charge is 0.460 e. The Hall–Kier alpha value is -2.35. The van der Waals surface area contributed by atoms with E-state index in [1.807, 2.05) is 0 Å². The van der Waals surface area contributed by atoms with E-state index in [2.05, 4.69) is 10.6 Å². The number of hydrogen-bond acceptors (Lipinski definition) is 4. The van der Waals surface area contributed by atoms with Gasteiger partial charge in [-0.15, -0.1) is 0 Å². The van der Waals surface area contributed by atoms with Crippen LogP contribution in [0.25, 0.3) is 0 Å². The zero-order valence-electron chi connectivity index (χ0n) is 14.0. The summed E-state index contributed by atoms with van der Waals surface area (Å²) in [4.78, 5) is 24.6. The molecule has 0 spiro atoms. The third-order valence-electron chi connectivity index (χ3n) is 3.67. The second-order valence-corrected chi connectivity index (χ2v) is 6.11. The van der Waals surface area contributed by atoms with Gasteiger partial charge in [-0.05, 0) is 37.2 Å². The quantitative estimate of drug-likeness (QED) is 0.473. The Kier molecular flexibility index (Phi) is 5.84. The maximum absolute atomic E-state index is 14.3. The predicted octanol–water partition coefficient (Wildman–Crippen LogP) is 2.53. The summed E-state index contributed by atoms with van der Waals surface area (Å²) in [5.41, 5.74) is -0.155. The van der Waals surface area contributed by atoms with Crippen molar-refractivity contribution in [2.75, 3.05) is 6.61 Å². The number of carbonyl (C=O) groups excluding carboxylic acids is 2. The summed E-state index contributed by atoms with van der Waals surface area (Å²) >= 11 is 5.09. The summed E-state index contributed by atoms with van der Waals surface area (Å²) in [5.74, 6) is -4.00. The Morgan fingerprint density at radius 2 is 1.88 bits per heavy atom. The average molecular weight is 368 g/mol. The maximum Gasteiger partial charge on any atom is 0.379 e. The van der Waals surface area contributed by atoms with Crippen LogP contribution in [0.15, 0.2) is 29.5 Å². The molecule has 0 bridgehead atoms. The highest BCUT2D eigenvalue weighted by molar-refractivity contribution is 7.80. The summed E-state index contributed by atoms with van der Waals surface area (Å²) < 4.78 is 33.3. The van der Waals surface area contributed by atoms with Gasteiger partial charge in [0.1, 0.15) is 11.6 Å². The highest BCUT2D eigenvalue weighted by Crippen LogP contribution is 2.33. The molecule has 1 atom stereocenters. The number of nitrogens with one attached hydrogen (secondary N) is 2. The standard InChI is InChI=1S/C17H18F2N2O3S/c1-4-24-16(23)15(22)12-13(8(2)3)20-17(25)21-14(12)11-9(18)6-5-7-10(11)19/h5-8,14H,4H2,1-3H3,(H2,20,21,25)/t14-/m1/s1. The van der Waals surface area contributed by atoms with Crippen molar-refractivity contribution < 1.29 is 23.1 Å². The fourth-order valence-corrected chi connectivity index (χ4v) is 2.83. The van der Waals surface area contributed by atoms with Gasteiger partial charge < -0.3 is 15.4 Å². The molecule has 0 amide bonds. The first-order valence-electron chi connectivity index (χ1n) is 7.74. The van der Waals surface area contributed by atoms with Crippen molar-refractivity contribution in [3.8, 4) is 0 Å². The summed E-state index contributed by atoms with van der Waals surface area (Å²) in [5, 5.41) is 5.60. The van der Waals surface area contributed by atoms with Crippen molar-refractivity contribution >= 4 is 29.1 Å². The number of halogens is 2. The molecule has 0 aromatic heterocycles. The minimum absolute atomic E-state index is 0.00681. The Bertz CT molecular complexity index is 742.